The van der Waals surface area contributed by atoms with E-state index >= 15 is 4.39 Å². The van der Waals surface area contributed by atoms with Crippen molar-refractivity contribution in [2.75, 3.05) is 38.3 Å². The van der Waals surface area contributed by atoms with Crippen LogP contribution in [0.2, 0.25) is 0 Å². The first-order valence-corrected chi connectivity index (χ1v) is 16.1. The number of aromatic nitrogens is 1. The van der Waals surface area contributed by atoms with E-state index in [9.17, 15) is 9.59 Å². The number of nitrogens with two attached hydrogens (primary N) is 1. The molecule has 2 heterocycles. The van der Waals surface area contributed by atoms with Crippen LogP contribution in [0.4, 0.5) is 10.1 Å². The van der Waals surface area contributed by atoms with Crippen LogP contribution in [0.25, 0.3) is 10.9 Å². The van der Waals surface area contributed by atoms with E-state index in [1.807, 2.05) is 54.6 Å². The number of fused-ring (bicyclic) bond motifs is 1. The van der Waals surface area contributed by atoms with Gasteiger partial charge < -0.3 is 34.9 Å². The average molecular weight is 665 g/mol. The van der Waals surface area contributed by atoms with Crippen molar-refractivity contribution < 1.29 is 32.9 Å². The van der Waals surface area contributed by atoms with Gasteiger partial charge in [-0.2, -0.15) is 0 Å². The van der Waals surface area contributed by atoms with Gasteiger partial charge in [-0.3, -0.25) is 14.6 Å². The van der Waals surface area contributed by atoms with E-state index in [0.717, 1.165) is 42.5 Å². The van der Waals surface area contributed by atoms with Gasteiger partial charge in [0.25, 0.3) is 0 Å². The van der Waals surface area contributed by atoms with Crippen LogP contribution in [-0.4, -0.2) is 50.1 Å². The second-order valence-corrected chi connectivity index (χ2v) is 11.7. The Bertz CT molecular complexity index is 1920. The van der Waals surface area contributed by atoms with Gasteiger partial charge in [0.05, 0.1) is 19.2 Å². The van der Waals surface area contributed by atoms with Crippen LogP contribution in [0.1, 0.15) is 18.4 Å². The predicted molar refractivity (Wildman–Crippen MR) is 184 cm³/mol. The minimum atomic E-state index is -1.15. The quantitative estimate of drug-likeness (QED) is 0.147. The molecular weight excluding hydrogens is 627 g/mol. The van der Waals surface area contributed by atoms with Gasteiger partial charge in [-0.15, -0.1) is 0 Å². The minimum absolute atomic E-state index is 0.0805. The first-order chi connectivity index (χ1) is 23.9. The summed E-state index contributed by atoms with van der Waals surface area (Å²) < 4.78 is 39.2. The molecule has 0 spiro atoms. The van der Waals surface area contributed by atoms with Crippen LogP contribution in [0.15, 0.2) is 97.2 Å². The molecule has 0 unspecified atom stereocenters. The highest BCUT2D eigenvalue weighted by molar-refractivity contribution is 6.39. The Morgan fingerprint density at radius 2 is 1.63 bits per heavy atom. The molecule has 252 valence electrons. The van der Waals surface area contributed by atoms with Gasteiger partial charge in [-0.25, -0.2) is 4.39 Å². The molecular formula is C38H37FN4O6. The standard InChI is InChI=1S/C38H37FN4O6/c1-46-35-22-30-32(23-36(35)47-24-26-13-17-41-18-14-26)42-19-15-33(30)49-34-12-9-27(21-31(34)39)43(38(45)37(40)44)20-16-25-7-10-29(11-8-25)48-28-5-3-2-4-6-28/h2-12,15,19,21-23,26,41H,13-14,16-18,20,24H2,1H3,(H2,40,44). The zero-order chi connectivity index (χ0) is 34.2. The number of hydrogen-bond donors (Lipinski definition) is 2. The molecule has 0 saturated carbocycles. The monoisotopic (exact) mass is 664 g/mol. The molecule has 1 aromatic heterocycles. The van der Waals surface area contributed by atoms with Crippen LogP contribution in [0, 0.1) is 11.7 Å². The molecule has 1 fully saturated rings. The first-order valence-electron chi connectivity index (χ1n) is 16.1. The van der Waals surface area contributed by atoms with Crippen LogP contribution in [0.5, 0.6) is 34.5 Å². The number of nitrogens with one attached hydrogen (secondary N) is 1. The van der Waals surface area contributed by atoms with Crippen molar-refractivity contribution >= 4 is 28.4 Å². The molecule has 6 rings (SSSR count). The number of carbonyl (C=O) groups excluding carboxylic acids is 2. The van der Waals surface area contributed by atoms with E-state index in [1.54, 1.807) is 31.5 Å². The summed E-state index contributed by atoms with van der Waals surface area (Å²) in [4.78, 5) is 30.4. The third kappa shape index (κ3) is 8.25. The Labute approximate surface area is 283 Å². The second-order valence-electron chi connectivity index (χ2n) is 11.7. The lowest BCUT2D eigenvalue weighted by atomic mass is 9.99. The molecule has 11 heteroatoms. The maximum Gasteiger partial charge on any atom is 0.316 e. The van der Waals surface area contributed by atoms with Gasteiger partial charge in [0.2, 0.25) is 0 Å². The number of pyridine rings is 1. The lowest BCUT2D eigenvalue weighted by Gasteiger charge is -2.23. The normalized spacial score (nSPS) is 13.1. The largest absolute Gasteiger partial charge is 0.493 e. The Hall–Kier alpha value is -5.68. The van der Waals surface area contributed by atoms with Crippen molar-refractivity contribution in [3.63, 3.8) is 0 Å². The summed E-state index contributed by atoms with van der Waals surface area (Å²) in [5.74, 6) is 0.328. The lowest BCUT2D eigenvalue weighted by Crippen LogP contribution is -2.41. The fourth-order valence-corrected chi connectivity index (χ4v) is 5.68. The number of ether oxygens (including phenoxy) is 4. The van der Waals surface area contributed by atoms with Gasteiger partial charge in [-0.05, 0) is 92.4 Å². The molecule has 5 aromatic rings. The molecule has 1 saturated heterocycles. The van der Waals surface area contributed by atoms with E-state index in [-0.39, 0.29) is 18.0 Å². The van der Waals surface area contributed by atoms with Crippen molar-refractivity contribution in [3.8, 4) is 34.5 Å². The van der Waals surface area contributed by atoms with Crippen molar-refractivity contribution in [2.24, 2.45) is 11.7 Å². The number of amides is 2. The molecule has 10 nitrogen and oxygen atoms in total. The number of para-hydroxylation sites is 1. The Balaban J connectivity index is 1.16. The number of anilines is 1. The number of piperidine rings is 1. The van der Waals surface area contributed by atoms with E-state index in [0.29, 0.717) is 58.6 Å². The van der Waals surface area contributed by atoms with Crippen molar-refractivity contribution in [1.29, 1.82) is 0 Å². The Kier molecular flexibility index (Phi) is 10.5. The van der Waals surface area contributed by atoms with Crippen LogP contribution < -0.4 is 34.9 Å². The van der Waals surface area contributed by atoms with E-state index < -0.39 is 17.6 Å². The molecule has 3 N–H and O–H groups in total. The summed E-state index contributed by atoms with van der Waals surface area (Å²) in [5, 5.41) is 3.96. The summed E-state index contributed by atoms with van der Waals surface area (Å²) in [7, 11) is 1.56. The Morgan fingerprint density at radius 1 is 0.878 bits per heavy atom. The smallest absolute Gasteiger partial charge is 0.316 e. The maximum absolute atomic E-state index is 15.6. The summed E-state index contributed by atoms with van der Waals surface area (Å²) in [6, 6.07) is 26.0. The van der Waals surface area contributed by atoms with Crippen LogP contribution >= 0.6 is 0 Å². The van der Waals surface area contributed by atoms with E-state index in [1.165, 1.54) is 12.1 Å². The predicted octanol–water partition coefficient (Wildman–Crippen LogP) is 6.41. The number of hydrogen-bond acceptors (Lipinski definition) is 8. The lowest BCUT2D eigenvalue weighted by molar-refractivity contribution is -0.135. The SMILES string of the molecule is COc1cc2c(Oc3ccc(N(CCc4ccc(Oc5ccccc5)cc4)C(=O)C(N)=O)cc3F)ccnc2cc1OCC1CCNCC1. The number of halogens is 1. The number of rotatable bonds is 12. The van der Waals surface area contributed by atoms with Crippen LogP contribution in [-0.2, 0) is 16.0 Å². The van der Waals surface area contributed by atoms with Crippen molar-refractivity contribution in [3.05, 3.63) is 109 Å². The number of carbonyl (C=O) groups is 2. The molecule has 1 aliphatic rings. The van der Waals surface area contributed by atoms with E-state index in [4.69, 9.17) is 24.7 Å². The number of nitrogens with zero attached hydrogens (tertiary/aromatic N) is 2. The zero-order valence-corrected chi connectivity index (χ0v) is 27.1. The molecule has 0 aliphatic carbocycles. The minimum Gasteiger partial charge on any atom is -0.493 e. The molecule has 4 aromatic carbocycles. The summed E-state index contributed by atoms with van der Waals surface area (Å²) in [5.41, 5.74) is 6.99. The average Bonchev–Trinajstić information content (AvgIpc) is 3.13. The van der Waals surface area contributed by atoms with Gasteiger partial charge >= 0.3 is 11.8 Å². The van der Waals surface area contributed by atoms with Gasteiger partial charge in [0.1, 0.15) is 17.2 Å². The highest BCUT2D eigenvalue weighted by Crippen LogP contribution is 2.38. The third-order valence-corrected chi connectivity index (χ3v) is 8.35. The fraction of sp³-hybridized carbons (Fsp3) is 0.237. The van der Waals surface area contributed by atoms with Gasteiger partial charge in [-0.1, -0.05) is 30.3 Å². The number of benzene rings is 4. The topological polar surface area (TPSA) is 125 Å². The zero-order valence-electron chi connectivity index (χ0n) is 27.1. The molecule has 0 bridgehead atoms. The number of methoxy groups -OCH3 is 1. The molecule has 0 atom stereocenters. The molecule has 0 radical (unpaired) electrons. The summed E-state index contributed by atoms with van der Waals surface area (Å²) >= 11 is 0. The Morgan fingerprint density at radius 3 is 2.35 bits per heavy atom. The molecule has 1 aliphatic heterocycles. The molecule has 2 amide bonds. The van der Waals surface area contributed by atoms with Gasteiger partial charge in [0.15, 0.2) is 23.1 Å². The van der Waals surface area contributed by atoms with Crippen molar-refractivity contribution in [1.82, 2.24) is 10.3 Å². The van der Waals surface area contributed by atoms with Crippen LogP contribution in [0.3, 0.4) is 0 Å². The fourth-order valence-electron chi connectivity index (χ4n) is 5.68. The van der Waals surface area contributed by atoms with E-state index in [2.05, 4.69) is 10.3 Å². The summed E-state index contributed by atoms with van der Waals surface area (Å²) in [6.07, 6.45) is 4.04. The van der Waals surface area contributed by atoms with Crippen molar-refractivity contribution in [2.45, 2.75) is 19.3 Å². The maximum atomic E-state index is 15.6. The highest BCUT2D eigenvalue weighted by atomic mass is 19.1. The first kappa shape index (κ1) is 33.2. The second kappa shape index (κ2) is 15.5. The third-order valence-electron chi connectivity index (χ3n) is 8.35. The van der Waals surface area contributed by atoms with Gasteiger partial charge in [0, 0.05) is 35.9 Å². The summed E-state index contributed by atoms with van der Waals surface area (Å²) in [6.45, 7) is 2.60. The highest BCUT2D eigenvalue weighted by Gasteiger charge is 2.23. The molecule has 49 heavy (non-hydrogen) atoms. The number of primary amides is 1.